The number of benzene rings is 2. The molecule has 3 rings (SSSR count). The van der Waals surface area contributed by atoms with E-state index in [1.165, 1.54) is 16.7 Å². The number of pyridine rings is 1. The first kappa shape index (κ1) is 12.4. The van der Waals surface area contributed by atoms with E-state index in [4.69, 9.17) is 0 Å². The Balaban J connectivity index is 1.95. The maximum atomic E-state index is 4.29. The van der Waals surface area contributed by atoms with E-state index in [0.717, 1.165) is 11.5 Å². The number of rotatable bonds is 3. The van der Waals surface area contributed by atoms with E-state index in [9.17, 15) is 0 Å². The summed E-state index contributed by atoms with van der Waals surface area (Å²) in [6, 6.07) is 22.7. The van der Waals surface area contributed by atoms with E-state index < -0.39 is 0 Å². The first-order valence-corrected chi connectivity index (χ1v) is 6.67. The molecule has 0 aliphatic carbocycles. The monoisotopic (exact) mass is 260 g/mol. The highest BCUT2D eigenvalue weighted by molar-refractivity contribution is 5.73. The van der Waals surface area contributed by atoms with Crippen molar-refractivity contribution in [3.63, 3.8) is 0 Å². The van der Waals surface area contributed by atoms with Crippen molar-refractivity contribution in [1.82, 2.24) is 4.98 Å². The molecule has 2 aromatic carbocycles. The third kappa shape index (κ3) is 2.69. The van der Waals surface area contributed by atoms with Crippen LogP contribution in [0.4, 0.5) is 11.5 Å². The summed E-state index contributed by atoms with van der Waals surface area (Å²) in [4.78, 5) is 4.29. The van der Waals surface area contributed by atoms with Crippen LogP contribution in [0.5, 0.6) is 0 Å². The predicted octanol–water partition coefficient (Wildman–Crippen LogP) is 4.80. The van der Waals surface area contributed by atoms with Crippen molar-refractivity contribution in [2.45, 2.75) is 6.92 Å². The van der Waals surface area contributed by atoms with Crippen LogP contribution in [-0.2, 0) is 0 Å². The zero-order chi connectivity index (χ0) is 13.8. The molecule has 20 heavy (non-hydrogen) atoms. The van der Waals surface area contributed by atoms with E-state index in [1.54, 1.807) is 6.20 Å². The van der Waals surface area contributed by atoms with Gasteiger partial charge in [0.25, 0.3) is 0 Å². The van der Waals surface area contributed by atoms with Crippen LogP contribution < -0.4 is 5.32 Å². The van der Waals surface area contributed by atoms with Gasteiger partial charge in [-0.3, -0.25) is 0 Å². The Morgan fingerprint density at radius 1 is 0.850 bits per heavy atom. The fourth-order valence-electron chi connectivity index (χ4n) is 2.21. The molecule has 2 heteroatoms. The highest BCUT2D eigenvalue weighted by atomic mass is 15.0. The van der Waals surface area contributed by atoms with Gasteiger partial charge in [-0.1, -0.05) is 42.5 Å². The largest absolute Gasteiger partial charge is 0.340 e. The SMILES string of the molecule is Cc1ccc(Nc2ccccn2)cc1-c1ccccc1. The summed E-state index contributed by atoms with van der Waals surface area (Å²) in [5.41, 5.74) is 4.79. The second-order valence-electron chi connectivity index (χ2n) is 4.74. The van der Waals surface area contributed by atoms with Crippen molar-refractivity contribution in [3.8, 4) is 11.1 Å². The number of aromatic nitrogens is 1. The second kappa shape index (κ2) is 5.57. The number of aryl methyl sites for hydroxylation is 1. The number of nitrogens with zero attached hydrogens (tertiary/aromatic N) is 1. The van der Waals surface area contributed by atoms with Crippen molar-refractivity contribution < 1.29 is 0 Å². The van der Waals surface area contributed by atoms with E-state index in [2.05, 4.69) is 59.7 Å². The van der Waals surface area contributed by atoms with Crippen LogP contribution in [0.3, 0.4) is 0 Å². The van der Waals surface area contributed by atoms with Crippen LogP contribution in [0.2, 0.25) is 0 Å². The van der Waals surface area contributed by atoms with Crippen molar-refractivity contribution in [2.75, 3.05) is 5.32 Å². The van der Waals surface area contributed by atoms with Crippen LogP contribution in [0.1, 0.15) is 5.56 Å². The highest BCUT2D eigenvalue weighted by Gasteiger charge is 2.03. The lowest BCUT2D eigenvalue weighted by molar-refractivity contribution is 1.31. The molecule has 1 aromatic heterocycles. The molecule has 0 saturated carbocycles. The average Bonchev–Trinajstić information content (AvgIpc) is 2.51. The molecule has 0 aliphatic heterocycles. The molecule has 0 aliphatic rings. The highest BCUT2D eigenvalue weighted by Crippen LogP contribution is 2.27. The summed E-state index contributed by atoms with van der Waals surface area (Å²) in [6.45, 7) is 2.13. The molecule has 3 aromatic rings. The first-order valence-electron chi connectivity index (χ1n) is 6.67. The normalized spacial score (nSPS) is 10.2. The zero-order valence-electron chi connectivity index (χ0n) is 11.4. The van der Waals surface area contributed by atoms with Crippen LogP contribution in [0.15, 0.2) is 72.9 Å². The van der Waals surface area contributed by atoms with Gasteiger partial charge in [0.05, 0.1) is 0 Å². The lowest BCUT2D eigenvalue weighted by Crippen LogP contribution is -1.94. The van der Waals surface area contributed by atoms with Crippen LogP contribution in [0, 0.1) is 6.92 Å². The number of hydrogen-bond acceptors (Lipinski definition) is 2. The van der Waals surface area contributed by atoms with Crippen LogP contribution in [-0.4, -0.2) is 4.98 Å². The van der Waals surface area contributed by atoms with Gasteiger partial charge in [0.2, 0.25) is 0 Å². The van der Waals surface area contributed by atoms with Gasteiger partial charge in [0.1, 0.15) is 5.82 Å². The van der Waals surface area contributed by atoms with Gasteiger partial charge in [-0.25, -0.2) is 4.98 Å². The fraction of sp³-hybridized carbons (Fsp3) is 0.0556. The standard InChI is InChI=1S/C18H16N2/c1-14-10-11-16(20-18-9-5-6-12-19-18)13-17(14)15-7-3-2-4-8-15/h2-13H,1H3,(H,19,20). The average molecular weight is 260 g/mol. The van der Waals surface area contributed by atoms with Crippen molar-refractivity contribution in [1.29, 1.82) is 0 Å². The Morgan fingerprint density at radius 3 is 2.40 bits per heavy atom. The van der Waals surface area contributed by atoms with E-state index in [1.807, 2.05) is 24.3 Å². The maximum absolute atomic E-state index is 4.29. The number of hydrogen-bond donors (Lipinski definition) is 1. The van der Waals surface area contributed by atoms with Gasteiger partial charge < -0.3 is 5.32 Å². The predicted molar refractivity (Wildman–Crippen MR) is 84.1 cm³/mol. The third-order valence-corrected chi connectivity index (χ3v) is 3.26. The summed E-state index contributed by atoms with van der Waals surface area (Å²) < 4.78 is 0. The summed E-state index contributed by atoms with van der Waals surface area (Å²) >= 11 is 0. The Hall–Kier alpha value is -2.61. The lowest BCUT2D eigenvalue weighted by atomic mass is 10.00. The minimum atomic E-state index is 0.857. The van der Waals surface area contributed by atoms with Gasteiger partial charge >= 0.3 is 0 Å². The van der Waals surface area contributed by atoms with Crippen LogP contribution in [0.25, 0.3) is 11.1 Å². The molecule has 1 heterocycles. The summed E-state index contributed by atoms with van der Waals surface area (Å²) in [7, 11) is 0. The number of nitrogens with one attached hydrogen (secondary N) is 1. The minimum absolute atomic E-state index is 0.857. The van der Waals surface area contributed by atoms with Gasteiger partial charge in [-0.2, -0.15) is 0 Å². The molecular formula is C18H16N2. The molecule has 0 saturated heterocycles. The summed E-state index contributed by atoms with van der Waals surface area (Å²) in [5, 5.41) is 3.33. The first-order chi connectivity index (χ1) is 9.83. The molecule has 0 fully saturated rings. The van der Waals surface area contributed by atoms with Gasteiger partial charge in [0, 0.05) is 11.9 Å². The quantitative estimate of drug-likeness (QED) is 0.731. The Labute approximate surface area is 119 Å². The molecule has 98 valence electrons. The molecule has 0 spiro atoms. The van der Waals surface area contributed by atoms with Crippen molar-refractivity contribution in [2.24, 2.45) is 0 Å². The summed E-state index contributed by atoms with van der Waals surface area (Å²) in [5.74, 6) is 0.857. The van der Waals surface area contributed by atoms with E-state index in [-0.39, 0.29) is 0 Å². The van der Waals surface area contributed by atoms with Crippen LogP contribution >= 0.6 is 0 Å². The molecule has 1 N–H and O–H groups in total. The van der Waals surface area contributed by atoms with Gasteiger partial charge in [-0.15, -0.1) is 0 Å². The van der Waals surface area contributed by atoms with Gasteiger partial charge in [-0.05, 0) is 47.9 Å². The molecule has 0 atom stereocenters. The van der Waals surface area contributed by atoms with Crippen molar-refractivity contribution >= 4 is 11.5 Å². The molecule has 0 bridgehead atoms. The minimum Gasteiger partial charge on any atom is -0.340 e. The van der Waals surface area contributed by atoms with E-state index >= 15 is 0 Å². The van der Waals surface area contributed by atoms with Gasteiger partial charge in [0.15, 0.2) is 0 Å². The Bertz CT molecular complexity index is 691. The summed E-state index contributed by atoms with van der Waals surface area (Å²) in [6.07, 6.45) is 1.79. The van der Waals surface area contributed by atoms with Crippen molar-refractivity contribution in [3.05, 3.63) is 78.5 Å². The third-order valence-electron chi connectivity index (χ3n) is 3.26. The maximum Gasteiger partial charge on any atom is 0.130 e. The molecule has 0 radical (unpaired) electrons. The topological polar surface area (TPSA) is 24.9 Å². The fourth-order valence-corrected chi connectivity index (χ4v) is 2.21. The lowest BCUT2D eigenvalue weighted by Gasteiger charge is -2.10. The Morgan fingerprint density at radius 2 is 1.65 bits per heavy atom. The molecule has 2 nitrogen and oxygen atoms in total. The Kier molecular flexibility index (Phi) is 3.46. The van der Waals surface area contributed by atoms with E-state index in [0.29, 0.717) is 0 Å². The zero-order valence-corrected chi connectivity index (χ0v) is 11.4. The number of anilines is 2. The second-order valence-corrected chi connectivity index (χ2v) is 4.74. The molecule has 0 unspecified atom stereocenters. The smallest absolute Gasteiger partial charge is 0.130 e. The molecule has 0 amide bonds. The molecular weight excluding hydrogens is 244 g/mol.